The van der Waals surface area contributed by atoms with Crippen LogP contribution in [-0.2, 0) is 13.0 Å². The molecule has 0 saturated heterocycles. The lowest BCUT2D eigenvalue weighted by atomic mass is 9.99. The monoisotopic (exact) mass is 457 g/mol. The van der Waals surface area contributed by atoms with Crippen molar-refractivity contribution in [2.75, 3.05) is 0 Å². The first-order chi connectivity index (χ1) is 16.3. The average Bonchev–Trinajstić information content (AvgIpc) is 3.15. The molecule has 0 fully saturated rings. The molecule has 1 aromatic carbocycles. The van der Waals surface area contributed by atoms with Crippen LogP contribution in [0.5, 0.6) is 0 Å². The number of H-pyrrole nitrogens is 1. The minimum Gasteiger partial charge on any atom is -0.348 e. The van der Waals surface area contributed by atoms with Crippen LogP contribution in [-0.4, -0.2) is 25.7 Å². The second-order valence-corrected chi connectivity index (χ2v) is 9.00. The molecule has 0 aliphatic heterocycles. The summed E-state index contributed by atoms with van der Waals surface area (Å²) in [5.41, 5.74) is 6.32. The lowest BCUT2D eigenvalue weighted by molar-refractivity contribution is 0.0952. The average molecular weight is 458 g/mol. The van der Waals surface area contributed by atoms with Gasteiger partial charge in [-0.2, -0.15) is 5.10 Å². The lowest BCUT2D eigenvalue weighted by Crippen LogP contribution is -2.28. The number of aromatic amines is 1. The van der Waals surface area contributed by atoms with Gasteiger partial charge in [0.15, 0.2) is 0 Å². The number of nitrogens with zero attached hydrogens (tertiary/aromatic N) is 3. The molecule has 0 bridgehead atoms. The first kappa shape index (κ1) is 23.4. The molecule has 0 saturated carbocycles. The van der Waals surface area contributed by atoms with E-state index in [-0.39, 0.29) is 24.1 Å². The molecule has 3 aromatic heterocycles. The maximum Gasteiger partial charge on any atom is 0.253 e. The molecule has 7 nitrogen and oxygen atoms in total. The summed E-state index contributed by atoms with van der Waals surface area (Å²) in [7, 11) is 0. The molecule has 2 N–H and O–H groups in total. The first-order valence-electron chi connectivity index (χ1n) is 11.7. The van der Waals surface area contributed by atoms with Gasteiger partial charge in [-0.1, -0.05) is 19.4 Å². The van der Waals surface area contributed by atoms with Gasteiger partial charge in [-0.15, -0.1) is 0 Å². The quantitative estimate of drug-likeness (QED) is 0.414. The molecular formula is C27H31N5O2. The number of pyridine rings is 2. The number of aromatic nitrogens is 4. The maximum atomic E-state index is 13.5. The smallest absolute Gasteiger partial charge is 0.253 e. The van der Waals surface area contributed by atoms with Crippen molar-refractivity contribution in [3.05, 3.63) is 81.2 Å². The number of amides is 1. The number of rotatable bonds is 7. The Morgan fingerprint density at radius 1 is 1.18 bits per heavy atom. The van der Waals surface area contributed by atoms with Crippen molar-refractivity contribution in [1.29, 1.82) is 0 Å². The predicted octanol–water partition coefficient (Wildman–Crippen LogP) is 4.87. The molecule has 0 atom stereocenters. The summed E-state index contributed by atoms with van der Waals surface area (Å²) in [5.74, 6) is -0.232. The van der Waals surface area contributed by atoms with Gasteiger partial charge in [0.2, 0.25) is 0 Å². The highest BCUT2D eigenvalue weighted by Gasteiger charge is 2.20. The Kier molecular flexibility index (Phi) is 6.63. The van der Waals surface area contributed by atoms with E-state index in [0.29, 0.717) is 11.1 Å². The van der Waals surface area contributed by atoms with Crippen molar-refractivity contribution in [2.45, 2.75) is 60.0 Å². The fourth-order valence-electron chi connectivity index (χ4n) is 4.46. The Morgan fingerprint density at radius 3 is 2.65 bits per heavy atom. The van der Waals surface area contributed by atoms with Crippen molar-refractivity contribution in [1.82, 2.24) is 25.1 Å². The van der Waals surface area contributed by atoms with Gasteiger partial charge >= 0.3 is 0 Å². The largest absolute Gasteiger partial charge is 0.348 e. The summed E-state index contributed by atoms with van der Waals surface area (Å²) in [4.78, 5) is 33.3. The number of hydrogen-bond acceptors (Lipinski definition) is 4. The molecule has 0 aliphatic rings. The number of fused-ring (bicyclic) bond motifs is 1. The summed E-state index contributed by atoms with van der Waals surface area (Å²) in [6.07, 6.45) is 5.22. The van der Waals surface area contributed by atoms with Crippen LogP contribution in [0.2, 0.25) is 0 Å². The van der Waals surface area contributed by atoms with Crippen LogP contribution in [0.3, 0.4) is 0 Å². The number of benzene rings is 1. The summed E-state index contributed by atoms with van der Waals surface area (Å²) in [6.45, 7) is 10.2. The Hall–Kier alpha value is -3.74. The highest BCUT2D eigenvalue weighted by molar-refractivity contribution is 6.09. The van der Waals surface area contributed by atoms with E-state index >= 15 is 0 Å². The molecule has 4 aromatic rings. The number of carbonyl (C=O) groups excluding carboxylic acids is 1. The Labute approximate surface area is 199 Å². The minimum absolute atomic E-state index is 0.138. The molecule has 0 unspecified atom stereocenters. The van der Waals surface area contributed by atoms with Crippen LogP contribution in [0.1, 0.15) is 66.1 Å². The Balaban J connectivity index is 1.78. The van der Waals surface area contributed by atoms with Crippen LogP contribution in [0.25, 0.3) is 22.0 Å². The highest BCUT2D eigenvalue weighted by atomic mass is 16.1. The molecule has 3 heterocycles. The molecule has 7 heteroatoms. The van der Waals surface area contributed by atoms with Gasteiger partial charge < -0.3 is 10.3 Å². The van der Waals surface area contributed by atoms with Crippen molar-refractivity contribution < 1.29 is 4.79 Å². The Morgan fingerprint density at radius 2 is 1.97 bits per heavy atom. The molecule has 0 radical (unpaired) electrons. The van der Waals surface area contributed by atoms with Gasteiger partial charge in [0.25, 0.3) is 11.5 Å². The summed E-state index contributed by atoms with van der Waals surface area (Å²) >= 11 is 0. The molecule has 0 aliphatic carbocycles. The van der Waals surface area contributed by atoms with E-state index in [9.17, 15) is 9.59 Å². The van der Waals surface area contributed by atoms with Crippen molar-refractivity contribution >= 4 is 16.8 Å². The van der Waals surface area contributed by atoms with E-state index < -0.39 is 0 Å². The van der Waals surface area contributed by atoms with Gasteiger partial charge in [-0.05, 0) is 69.5 Å². The second kappa shape index (κ2) is 9.63. The van der Waals surface area contributed by atoms with Gasteiger partial charge in [0.05, 0.1) is 16.8 Å². The highest BCUT2D eigenvalue weighted by Crippen LogP contribution is 2.31. The van der Waals surface area contributed by atoms with E-state index in [1.165, 1.54) is 0 Å². The van der Waals surface area contributed by atoms with Crippen LogP contribution in [0.15, 0.2) is 47.5 Å². The number of aryl methyl sites for hydroxylation is 3. The molecule has 4 rings (SSSR count). The second-order valence-electron chi connectivity index (χ2n) is 9.00. The molecule has 1 amide bonds. The first-order valence-corrected chi connectivity index (χ1v) is 11.7. The predicted molar refractivity (Wildman–Crippen MR) is 135 cm³/mol. The summed E-state index contributed by atoms with van der Waals surface area (Å²) in [5, 5.41) is 8.54. The van der Waals surface area contributed by atoms with Gasteiger partial charge in [0, 0.05) is 47.2 Å². The van der Waals surface area contributed by atoms with Gasteiger partial charge in [-0.3, -0.25) is 19.3 Å². The van der Waals surface area contributed by atoms with E-state index in [1.807, 2.05) is 42.8 Å². The van der Waals surface area contributed by atoms with Crippen LogP contribution >= 0.6 is 0 Å². The van der Waals surface area contributed by atoms with E-state index in [2.05, 4.69) is 42.1 Å². The fourth-order valence-corrected chi connectivity index (χ4v) is 4.46. The van der Waals surface area contributed by atoms with Gasteiger partial charge in [-0.25, -0.2) is 0 Å². The van der Waals surface area contributed by atoms with Crippen molar-refractivity contribution in [3.8, 4) is 11.1 Å². The number of carbonyl (C=O) groups is 1. The van der Waals surface area contributed by atoms with E-state index in [4.69, 9.17) is 5.10 Å². The topological polar surface area (TPSA) is 92.7 Å². The third kappa shape index (κ3) is 4.51. The van der Waals surface area contributed by atoms with E-state index in [0.717, 1.165) is 51.8 Å². The minimum atomic E-state index is -0.232. The zero-order valence-corrected chi connectivity index (χ0v) is 20.4. The summed E-state index contributed by atoms with van der Waals surface area (Å²) in [6, 6.07) is 9.93. The molecule has 0 spiro atoms. The number of nitrogens with one attached hydrogen (secondary N) is 2. The third-order valence-corrected chi connectivity index (χ3v) is 6.02. The normalized spacial score (nSPS) is 11.4. The van der Waals surface area contributed by atoms with Crippen LogP contribution < -0.4 is 10.9 Å². The summed E-state index contributed by atoms with van der Waals surface area (Å²) < 4.78 is 1.95. The maximum absolute atomic E-state index is 13.5. The molecule has 34 heavy (non-hydrogen) atoms. The molecule has 176 valence electrons. The molecular weight excluding hydrogens is 426 g/mol. The third-order valence-electron chi connectivity index (χ3n) is 6.02. The van der Waals surface area contributed by atoms with Crippen LogP contribution in [0.4, 0.5) is 0 Å². The van der Waals surface area contributed by atoms with Crippen molar-refractivity contribution in [3.63, 3.8) is 0 Å². The zero-order valence-electron chi connectivity index (χ0n) is 20.4. The SMILES string of the molecule is CCCc1cc(C)[nH]c(=O)c1CNC(=O)c1cc(-c2cccnc2)cc2c1c(C)nn2C(C)C. The fraction of sp³-hybridized carbons (Fsp3) is 0.333. The van der Waals surface area contributed by atoms with Crippen molar-refractivity contribution in [2.24, 2.45) is 0 Å². The van der Waals surface area contributed by atoms with E-state index in [1.54, 1.807) is 12.4 Å². The van der Waals surface area contributed by atoms with Crippen LogP contribution in [0, 0.1) is 13.8 Å². The standard InChI is InChI=1S/C27H31N5O2/c1-6-8-19-11-17(4)30-27(34)23(19)15-29-26(33)22-12-21(20-9-7-10-28-14-20)13-24-25(22)18(5)31-32(24)16(2)3/h7,9-14,16H,6,8,15H2,1-5H3,(H,29,33)(H,30,34). The zero-order chi connectivity index (χ0) is 24.4. The Bertz CT molecular complexity index is 1400. The number of hydrogen-bond donors (Lipinski definition) is 2. The van der Waals surface area contributed by atoms with Gasteiger partial charge in [0.1, 0.15) is 0 Å². The lowest BCUT2D eigenvalue weighted by Gasteiger charge is -2.13.